The van der Waals surface area contributed by atoms with Gasteiger partial charge in [-0.25, -0.2) is 0 Å². The maximum Gasteiger partial charge on any atom is 0.119 e. The van der Waals surface area contributed by atoms with E-state index < -0.39 is 0 Å². The number of aryl methyl sites for hydroxylation is 1. The number of benzene rings is 1. The second kappa shape index (κ2) is 5.09. The second-order valence-electron chi connectivity index (χ2n) is 4.63. The summed E-state index contributed by atoms with van der Waals surface area (Å²) in [4.78, 5) is 0. The van der Waals surface area contributed by atoms with Gasteiger partial charge in [-0.3, -0.25) is 0 Å². The molecule has 1 saturated carbocycles. The monoisotopic (exact) mass is 238 g/mol. The third-order valence-corrected chi connectivity index (χ3v) is 4.08. The number of rotatable bonds is 2. The molecule has 2 heteroatoms. The molecule has 0 heterocycles. The van der Waals surface area contributed by atoms with Crippen LogP contribution in [-0.4, -0.2) is 12.5 Å². The summed E-state index contributed by atoms with van der Waals surface area (Å²) in [5, 5.41) is 0.306. The Bertz CT molecular complexity index is 362. The summed E-state index contributed by atoms with van der Waals surface area (Å²) in [5.74, 6) is 1.46. The van der Waals surface area contributed by atoms with E-state index in [9.17, 15) is 0 Å². The predicted molar refractivity (Wildman–Crippen MR) is 68.6 cm³/mol. The van der Waals surface area contributed by atoms with E-state index in [2.05, 4.69) is 19.1 Å². The van der Waals surface area contributed by atoms with Crippen molar-refractivity contribution in [1.82, 2.24) is 0 Å². The van der Waals surface area contributed by atoms with Crippen LogP contribution in [0.25, 0.3) is 0 Å². The van der Waals surface area contributed by atoms with Gasteiger partial charge in [0.15, 0.2) is 0 Å². The molecule has 1 aliphatic carbocycles. The van der Waals surface area contributed by atoms with Crippen LogP contribution >= 0.6 is 11.6 Å². The Hall–Kier alpha value is -0.690. The molecule has 0 spiro atoms. The second-order valence-corrected chi connectivity index (χ2v) is 5.19. The summed E-state index contributed by atoms with van der Waals surface area (Å²) < 4.78 is 5.23. The zero-order valence-electron chi connectivity index (χ0n) is 10.0. The molecule has 2 rings (SSSR count). The Morgan fingerprint density at radius 1 is 1.25 bits per heavy atom. The van der Waals surface area contributed by atoms with Crippen molar-refractivity contribution in [1.29, 1.82) is 0 Å². The lowest BCUT2D eigenvalue weighted by Crippen LogP contribution is -2.18. The first-order valence-electron chi connectivity index (χ1n) is 6.01. The summed E-state index contributed by atoms with van der Waals surface area (Å²) >= 11 is 6.43. The lowest BCUT2D eigenvalue weighted by molar-refractivity contribution is 0.413. The van der Waals surface area contributed by atoms with E-state index in [0.717, 1.165) is 12.2 Å². The Morgan fingerprint density at radius 3 is 2.62 bits per heavy atom. The summed E-state index contributed by atoms with van der Waals surface area (Å²) in [7, 11) is 1.71. The zero-order chi connectivity index (χ0) is 11.5. The number of halogens is 1. The highest BCUT2D eigenvalue weighted by Crippen LogP contribution is 2.38. The van der Waals surface area contributed by atoms with Crippen LogP contribution < -0.4 is 4.74 Å². The molecule has 88 valence electrons. The third kappa shape index (κ3) is 2.35. The van der Waals surface area contributed by atoms with Crippen LogP contribution in [0.4, 0.5) is 0 Å². The van der Waals surface area contributed by atoms with Crippen LogP contribution in [0.1, 0.15) is 42.7 Å². The van der Waals surface area contributed by atoms with Crippen LogP contribution in [0.2, 0.25) is 0 Å². The number of hydrogen-bond donors (Lipinski definition) is 0. The van der Waals surface area contributed by atoms with Crippen LogP contribution in [-0.2, 0) is 0 Å². The van der Waals surface area contributed by atoms with Gasteiger partial charge >= 0.3 is 0 Å². The van der Waals surface area contributed by atoms with Crippen molar-refractivity contribution in [3.63, 3.8) is 0 Å². The Balaban J connectivity index is 2.25. The van der Waals surface area contributed by atoms with Crippen molar-refractivity contribution in [3.8, 4) is 5.75 Å². The molecular formula is C14H19ClO. The summed E-state index contributed by atoms with van der Waals surface area (Å²) in [6, 6.07) is 6.33. The highest BCUT2D eigenvalue weighted by molar-refractivity contribution is 6.21. The van der Waals surface area contributed by atoms with Gasteiger partial charge in [-0.1, -0.05) is 18.9 Å². The van der Waals surface area contributed by atoms with Gasteiger partial charge in [-0.2, -0.15) is 0 Å². The van der Waals surface area contributed by atoms with Gasteiger partial charge in [0.2, 0.25) is 0 Å². The molecule has 1 nitrogen and oxygen atoms in total. The fourth-order valence-corrected chi connectivity index (χ4v) is 3.04. The topological polar surface area (TPSA) is 9.23 Å². The summed E-state index contributed by atoms with van der Waals surface area (Å²) in [5.41, 5.74) is 2.71. The first-order valence-corrected chi connectivity index (χ1v) is 6.44. The van der Waals surface area contributed by atoms with Gasteiger partial charge < -0.3 is 4.74 Å². The minimum absolute atomic E-state index is 0.306. The van der Waals surface area contributed by atoms with Crippen molar-refractivity contribution in [2.24, 2.45) is 0 Å². The molecule has 1 aromatic carbocycles. The number of alkyl halides is 1. The first kappa shape index (κ1) is 11.8. The molecule has 0 amide bonds. The van der Waals surface area contributed by atoms with Crippen molar-refractivity contribution in [2.45, 2.75) is 43.9 Å². The van der Waals surface area contributed by atoms with Gasteiger partial charge in [-0.15, -0.1) is 11.6 Å². The molecule has 1 aliphatic rings. The molecule has 0 aromatic heterocycles. The molecule has 0 saturated heterocycles. The van der Waals surface area contributed by atoms with E-state index >= 15 is 0 Å². The molecule has 0 N–H and O–H groups in total. The Morgan fingerprint density at radius 2 is 2.00 bits per heavy atom. The maximum atomic E-state index is 6.43. The van der Waals surface area contributed by atoms with Gasteiger partial charge in [0.1, 0.15) is 5.75 Å². The van der Waals surface area contributed by atoms with Gasteiger partial charge in [-0.05, 0) is 43.0 Å². The Kier molecular flexibility index (Phi) is 3.75. The third-order valence-electron chi connectivity index (χ3n) is 3.56. The minimum atomic E-state index is 0.306. The molecule has 2 unspecified atom stereocenters. The molecule has 0 radical (unpaired) electrons. The van der Waals surface area contributed by atoms with E-state index in [4.69, 9.17) is 16.3 Å². The van der Waals surface area contributed by atoms with E-state index in [0.29, 0.717) is 11.3 Å². The Labute approximate surface area is 103 Å². The predicted octanol–water partition coefficient (Wildman–Crippen LogP) is 4.27. The highest BCUT2D eigenvalue weighted by atomic mass is 35.5. The molecule has 1 fully saturated rings. The van der Waals surface area contributed by atoms with Crippen LogP contribution in [0.3, 0.4) is 0 Å². The van der Waals surface area contributed by atoms with E-state index in [1.807, 2.05) is 6.07 Å². The first-order chi connectivity index (χ1) is 7.72. The van der Waals surface area contributed by atoms with Crippen molar-refractivity contribution < 1.29 is 4.74 Å². The van der Waals surface area contributed by atoms with Crippen LogP contribution in [0.5, 0.6) is 5.75 Å². The lowest BCUT2D eigenvalue weighted by Gasteiger charge is -2.28. The average Bonchev–Trinajstić information content (AvgIpc) is 2.30. The van der Waals surface area contributed by atoms with E-state index in [1.54, 1.807) is 7.11 Å². The van der Waals surface area contributed by atoms with Crippen molar-refractivity contribution >= 4 is 11.6 Å². The largest absolute Gasteiger partial charge is 0.497 e. The van der Waals surface area contributed by atoms with Crippen LogP contribution in [0, 0.1) is 6.92 Å². The molecule has 0 bridgehead atoms. The molecule has 2 atom stereocenters. The minimum Gasteiger partial charge on any atom is -0.497 e. The van der Waals surface area contributed by atoms with E-state index in [1.165, 1.54) is 30.4 Å². The maximum absolute atomic E-state index is 6.43. The average molecular weight is 239 g/mol. The number of hydrogen-bond acceptors (Lipinski definition) is 1. The zero-order valence-corrected chi connectivity index (χ0v) is 10.8. The fourth-order valence-electron chi connectivity index (χ4n) is 2.63. The molecule has 0 aliphatic heterocycles. The molecule has 1 aromatic rings. The molecule has 16 heavy (non-hydrogen) atoms. The van der Waals surface area contributed by atoms with Crippen molar-refractivity contribution in [2.75, 3.05) is 7.11 Å². The summed E-state index contributed by atoms with van der Waals surface area (Å²) in [6.07, 6.45) is 4.96. The quantitative estimate of drug-likeness (QED) is 0.700. The van der Waals surface area contributed by atoms with Gasteiger partial charge in [0.25, 0.3) is 0 Å². The van der Waals surface area contributed by atoms with Crippen LogP contribution in [0.15, 0.2) is 18.2 Å². The smallest absolute Gasteiger partial charge is 0.119 e. The van der Waals surface area contributed by atoms with Gasteiger partial charge in [0.05, 0.1) is 7.11 Å². The standard InChI is InChI=1S/C14H19ClO/c1-10-9-11(16-2)7-8-12(10)13-5-3-4-6-14(13)15/h7-9,13-14H,3-6H2,1-2H3. The number of ether oxygens (including phenoxy) is 1. The van der Waals surface area contributed by atoms with Gasteiger partial charge in [0, 0.05) is 11.3 Å². The molecular weight excluding hydrogens is 220 g/mol. The van der Waals surface area contributed by atoms with Crippen molar-refractivity contribution in [3.05, 3.63) is 29.3 Å². The van der Waals surface area contributed by atoms with E-state index in [-0.39, 0.29) is 0 Å². The number of methoxy groups -OCH3 is 1. The highest BCUT2D eigenvalue weighted by Gasteiger charge is 2.25. The lowest BCUT2D eigenvalue weighted by atomic mass is 9.82. The fraction of sp³-hybridized carbons (Fsp3) is 0.571. The SMILES string of the molecule is COc1ccc(C2CCCCC2Cl)c(C)c1. The summed E-state index contributed by atoms with van der Waals surface area (Å²) in [6.45, 7) is 2.15. The normalized spacial score (nSPS) is 25.4.